The van der Waals surface area contributed by atoms with E-state index in [-0.39, 0.29) is 0 Å². The van der Waals surface area contributed by atoms with Gasteiger partial charge in [0.2, 0.25) is 5.89 Å². The minimum atomic E-state index is 0.474. The van der Waals surface area contributed by atoms with Crippen LogP contribution in [0.5, 0.6) is 5.95 Å². The molecule has 0 radical (unpaired) electrons. The number of oxazole rings is 1. The zero-order valence-corrected chi connectivity index (χ0v) is 11.4. The molecule has 3 nitrogen and oxygen atoms in total. The molecule has 0 atom stereocenters. The van der Waals surface area contributed by atoms with Crippen molar-refractivity contribution < 1.29 is 9.15 Å². The zero-order valence-electron chi connectivity index (χ0n) is 11.4. The summed E-state index contributed by atoms with van der Waals surface area (Å²) in [6.07, 6.45) is 1.63. The molecular formula is C15H19NO2. The van der Waals surface area contributed by atoms with Gasteiger partial charge < -0.3 is 9.15 Å². The smallest absolute Gasteiger partial charge is 0.305 e. The molecule has 0 unspecified atom stereocenters. The van der Waals surface area contributed by atoms with Crippen molar-refractivity contribution in [1.29, 1.82) is 0 Å². The number of benzene rings is 1. The third kappa shape index (κ3) is 2.55. The van der Waals surface area contributed by atoms with Crippen molar-refractivity contribution in [3.8, 4) is 17.4 Å². The highest BCUT2D eigenvalue weighted by atomic mass is 16.6. The maximum atomic E-state index is 5.59. The molecule has 0 bridgehead atoms. The maximum absolute atomic E-state index is 5.59. The van der Waals surface area contributed by atoms with Crippen molar-refractivity contribution in [3.63, 3.8) is 0 Å². The van der Waals surface area contributed by atoms with Crippen LogP contribution in [0.25, 0.3) is 11.5 Å². The van der Waals surface area contributed by atoms with E-state index < -0.39 is 0 Å². The molecule has 0 aliphatic rings. The minimum Gasteiger partial charge on any atom is -0.464 e. The Morgan fingerprint density at radius 1 is 1.33 bits per heavy atom. The summed E-state index contributed by atoms with van der Waals surface area (Å²) in [7, 11) is 0. The molecule has 0 saturated heterocycles. The molecule has 1 heterocycles. The van der Waals surface area contributed by atoms with Gasteiger partial charge in [-0.05, 0) is 37.0 Å². The second-order valence-electron chi connectivity index (χ2n) is 4.65. The van der Waals surface area contributed by atoms with Crippen LogP contribution in [0.3, 0.4) is 0 Å². The van der Waals surface area contributed by atoms with Crippen LogP contribution in [0.1, 0.15) is 37.8 Å². The standard InChI is InChI=1S/C15H19NO2/c1-5-17-14-9-16-15(18-14)13-8-12(10(2)3)7-6-11(13)4/h6-10H,5H2,1-4H3. The molecule has 1 aromatic carbocycles. The molecular weight excluding hydrogens is 226 g/mol. The van der Waals surface area contributed by atoms with Crippen molar-refractivity contribution in [3.05, 3.63) is 35.5 Å². The van der Waals surface area contributed by atoms with E-state index in [0.717, 1.165) is 11.1 Å². The van der Waals surface area contributed by atoms with E-state index in [1.807, 2.05) is 6.92 Å². The second-order valence-corrected chi connectivity index (χ2v) is 4.65. The normalized spacial score (nSPS) is 10.9. The summed E-state index contributed by atoms with van der Waals surface area (Å²) in [6, 6.07) is 6.40. The average Bonchev–Trinajstić information content (AvgIpc) is 2.78. The lowest BCUT2D eigenvalue weighted by Crippen LogP contribution is -1.91. The maximum Gasteiger partial charge on any atom is 0.305 e. The van der Waals surface area contributed by atoms with E-state index in [1.54, 1.807) is 6.20 Å². The topological polar surface area (TPSA) is 35.3 Å². The molecule has 0 aliphatic carbocycles. The highest BCUT2D eigenvalue weighted by Crippen LogP contribution is 2.29. The molecule has 0 fully saturated rings. The van der Waals surface area contributed by atoms with Gasteiger partial charge >= 0.3 is 5.95 Å². The fourth-order valence-corrected chi connectivity index (χ4v) is 1.82. The molecule has 0 saturated carbocycles. The molecule has 0 spiro atoms. The van der Waals surface area contributed by atoms with Gasteiger partial charge in [0.15, 0.2) is 0 Å². The van der Waals surface area contributed by atoms with Crippen LogP contribution in [-0.2, 0) is 0 Å². The lowest BCUT2D eigenvalue weighted by Gasteiger charge is -2.08. The Morgan fingerprint density at radius 3 is 2.78 bits per heavy atom. The third-order valence-electron chi connectivity index (χ3n) is 2.93. The van der Waals surface area contributed by atoms with Gasteiger partial charge in [-0.1, -0.05) is 26.0 Å². The summed E-state index contributed by atoms with van der Waals surface area (Å²) < 4.78 is 10.9. The molecule has 18 heavy (non-hydrogen) atoms. The second kappa shape index (κ2) is 5.25. The van der Waals surface area contributed by atoms with E-state index in [0.29, 0.717) is 24.4 Å². The molecule has 0 aliphatic heterocycles. The third-order valence-corrected chi connectivity index (χ3v) is 2.93. The predicted molar refractivity (Wildman–Crippen MR) is 71.9 cm³/mol. The summed E-state index contributed by atoms with van der Waals surface area (Å²) >= 11 is 0. The van der Waals surface area contributed by atoms with Crippen molar-refractivity contribution >= 4 is 0 Å². The van der Waals surface area contributed by atoms with Crippen LogP contribution in [0.4, 0.5) is 0 Å². The zero-order chi connectivity index (χ0) is 13.1. The first-order valence-electron chi connectivity index (χ1n) is 6.31. The Hall–Kier alpha value is -1.77. The van der Waals surface area contributed by atoms with Gasteiger partial charge in [-0.2, -0.15) is 0 Å². The van der Waals surface area contributed by atoms with E-state index in [4.69, 9.17) is 9.15 Å². The SMILES string of the molecule is CCOc1cnc(-c2cc(C(C)C)ccc2C)o1. The van der Waals surface area contributed by atoms with Gasteiger partial charge in [0.1, 0.15) is 6.20 Å². The fraction of sp³-hybridized carbons (Fsp3) is 0.400. The molecule has 0 amide bonds. The quantitative estimate of drug-likeness (QED) is 0.810. The minimum absolute atomic E-state index is 0.474. The first kappa shape index (κ1) is 12.7. The first-order valence-corrected chi connectivity index (χ1v) is 6.31. The Bertz CT molecular complexity index is 529. The first-order chi connectivity index (χ1) is 8.61. The summed E-state index contributed by atoms with van der Waals surface area (Å²) in [5, 5.41) is 0. The number of rotatable bonds is 4. The van der Waals surface area contributed by atoms with E-state index in [9.17, 15) is 0 Å². The van der Waals surface area contributed by atoms with E-state index in [2.05, 4.69) is 44.0 Å². The monoisotopic (exact) mass is 245 g/mol. The van der Waals surface area contributed by atoms with Gasteiger partial charge in [0.05, 0.1) is 6.61 Å². The van der Waals surface area contributed by atoms with E-state index >= 15 is 0 Å². The highest BCUT2D eigenvalue weighted by Gasteiger charge is 2.11. The summed E-state index contributed by atoms with van der Waals surface area (Å²) in [5.41, 5.74) is 3.48. The lowest BCUT2D eigenvalue weighted by atomic mass is 9.98. The Kier molecular flexibility index (Phi) is 3.70. The number of nitrogens with zero attached hydrogens (tertiary/aromatic N) is 1. The van der Waals surface area contributed by atoms with Crippen LogP contribution in [0.2, 0.25) is 0 Å². The summed E-state index contributed by atoms with van der Waals surface area (Å²) in [4.78, 5) is 4.27. The number of aryl methyl sites for hydroxylation is 1. The number of hydrogen-bond donors (Lipinski definition) is 0. The summed E-state index contributed by atoms with van der Waals surface area (Å²) in [5.74, 6) is 1.59. The molecule has 96 valence electrons. The van der Waals surface area contributed by atoms with E-state index in [1.165, 1.54) is 5.56 Å². The van der Waals surface area contributed by atoms with Crippen LogP contribution in [0.15, 0.2) is 28.8 Å². The van der Waals surface area contributed by atoms with Gasteiger partial charge in [0, 0.05) is 5.56 Å². The Balaban J connectivity index is 2.38. The largest absolute Gasteiger partial charge is 0.464 e. The van der Waals surface area contributed by atoms with Gasteiger partial charge in [-0.25, -0.2) is 4.98 Å². The van der Waals surface area contributed by atoms with Crippen LogP contribution in [0, 0.1) is 6.92 Å². The molecule has 1 aromatic heterocycles. The van der Waals surface area contributed by atoms with Crippen LogP contribution in [-0.4, -0.2) is 11.6 Å². The van der Waals surface area contributed by atoms with Crippen LogP contribution >= 0.6 is 0 Å². The van der Waals surface area contributed by atoms with Gasteiger partial charge in [0.25, 0.3) is 0 Å². The predicted octanol–water partition coefficient (Wildman–Crippen LogP) is 4.17. The van der Waals surface area contributed by atoms with Crippen molar-refractivity contribution in [2.24, 2.45) is 0 Å². The van der Waals surface area contributed by atoms with Crippen LogP contribution < -0.4 is 4.74 Å². The average molecular weight is 245 g/mol. The van der Waals surface area contributed by atoms with Gasteiger partial charge in [-0.3, -0.25) is 0 Å². The highest BCUT2D eigenvalue weighted by molar-refractivity contribution is 5.60. The fourth-order valence-electron chi connectivity index (χ4n) is 1.82. The number of hydrogen-bond acceptors (Lipinski definition) is 3. The lowest BCUT2D eigenvalue weighted by molar-refractivity contribution is 0.260. The molecule has 3 heteroatoms. The molecule has 2 aromatic rings. The van der Waals surface area contributed by atoms with Crippen molar-refractivity contribution in [2.45, 2.75) is 33.6 Å². The molecule has 0 N–H and O–H groups in total. The van der Waals surface area contributed by atoms with Gasteiger partial charge in [-0.15, -0.1) is 0 Å². The van der Waals surface area contributed by atoms with Crippen molar-refractivity contribution in [2.75, 3.05) is 6.61 Å². The summed E-state index contributed by atoms with van der Waals surface area (Å²) in [6.45, 7) is 8.92. The number of ether oxygens (including phenoxy) is 1. The molecule has 2 rings (SSSR count). The number of aromatic nitrogens is 1. The Labute approximate surface area is 108 Å². The van der Waals surface area contributed by atoms with Crippen molar-refractivity contribution in [1.82, 2.24) is 4.98 Å². The Morgan fingerprint density at radius 2 is 2.11 bits per heavy atom.